The molecule has 2 rings (SSSR count). The number of aliphatic carboxylic acids is 1. The molecule has 0 aliphatic carbocycles. The first kappa shape index (κ1) is 15.1. The summed E-state index contributed by atoms with van der Waals surface area (Å²) in [6.45, 7) is 5.62. The average Bonchev–Trinajstić information content (AvgIpc) is 2.39. The van der Waals surface area contributed by atoms with Crippen molar-refractivity contribution in [1.29, 1.82) is 0 Å². The van der Waals surface area contributed by atoms with Crippen molar-refractivity contribution in [3.8, 4) is 0 Å². The van der Waals surface area contributed by atoms with Crippen LogP contribution in [0.5, 0.6) is 0 Å². The summed E-state index contributed by atoms with van der Waals surface area (Å²) in [7, 11) is -0.281. The van der Waals surface area contributed by atoms with Gasteiger partial charge >= 0.3 is 13.1 Å². The minimum atomic E-state index is -0.742. The van der Waals surface area contributed by atoms with Gasteiger partial charge in [-0.15, -0.1) is 0 Å². The Balaban J connectivity index is 1.87. The first-order valence-electron chi connectivity index (χ1n) is 7.00. The van der Waals surface area contributed by atoms with E-state index in [9.17, 15) is 4.79 Å². The molecule has 0 unspecified atom stereocenters. The quantitative estimate of drug-likeness (QED) is 0.834. The Morgan fingerprint density at radius 1 is 1.25 bits per heavy atom. The predicted molar refractivity (Wildman–Crippen MR) is 78.1 cm³/mol. The molecule has 5 heteroatoms. The molecular formula is C15H21BO4. The van der Waals surface area contributed by atoms with Gasteiger partial charge in [-0.2, -0.15) is 0 Å². The summed E-state index contributed by atoms with van der Waals surface area (Å²) in [6.07, 6.45) is 1.66. The first-order chi connectivity index (χ1) is 9.46. The fraction of sp³-hybridized carbons (Fsp3) is 0.533. The van der Waals surface area contributed by atoms with Gasteiger partial charge in [0.1, 0.15) is 0 Å². The van der Waals surface area contributed by atoms with Crippen LogP contribution in [0.25, 0.3) is 0 Å². The fourth-order valence-corrected chi connectivity index (χ4v) is 2.17. The van der Waals surface area contributed by atoms with Gasteiger partial charge in [-0.1, -0.05) is 38.1 Å². The molecule has 1 saturated heterocycles. The Bertz CT molecular complexity index is 445. The maximum atomic E-state index is 10.5. The summed E-state index contributed by atoms with van der Waals surface area (Å²) in [5.41, 5.74) is 2.24. The lowest BCUT2D eigenvalue weighted by Crippen LogP contribution is -2.47. The van der Waals surface area contributed by atoms with E-state index >= 15 is 0 Å². The summed E-state index contributed by atoms with van der Waals surface area (Å²) in [5.74, 6) is -0.742. The number of hydrogen-bond donors (Lipinski definition) is 1. The highest BCUT2D eigenvalue weighted by Crippen LogP contribution is 2.21. The van der Waals surface area contributed by atoms with Crippen molar-refractivity contribution in [2.45, 2.75) is 33.1 Å². The maximum absolute atomic E-state index is 10.5. The van der Waals surface area contributed by atoms with Crippen LogP contribution in [0.3, 0.4) is 0 Å². The number of hydrogen-bond acceptors (Lipinski definition) is 3. The van der Waals surface area contributed by atoms with Crippen molar-refractivity contribution in [1.82, 2.24) is 0 Å². The van der Waals surface area contributed by atoms with Crippen LogP contribution in [0.1, 0.15) is 32.3 Å². The van der Waals surface area contributed by atoms with Crippen molar-refractivity contribution < 1.29 is 19.2 Å². The zero-order chi connectivity index (χ0) is 14.6. The minimum absolute atomic E-state index is 0.0767. The van der Waals surface area contributed by atoms with E-state index in [1.165, 1.54) is 0 Å². The molecular weight excluding hydrogens is 255 g/mol. The zero-order valence-corrected chi connectivity index (χ0v) is 12.1. The Morgan fingerprint density at radius 2 is 1.85 bits per heavy atom. The number of benzene rings is 1. The van der Waals surface area contributed by atoms with Crippen molar-refractivity contribution in [2.75, 3.05) is 13.2 Å². The normalized spacial score (nSPS) is 18.0. The van der Waals surface area contributed by atoms with Crippen LogP contribution in [0.4, 0.5) is 0 Å². The predicted octanol–water partition coefficient (Wildman–Crippen LogP) is 1.86. The van der Waals surface area contributed by atoms with Crippen LogP contribution in [-0.4, -0.2) is 31.4 Å². The molecule has 1 aromatic rings. The number of rotatable bonds is 5. The summed E-state index contributed by atoms with van der Waals surface area (Å²) >= 11 is 0. The van der Waals surface area contributed by atoms with Crippen LogP contribution in [-0.2, 0) is 20.5 Å². The summed E-state index contributed by atoms with van der Waals surface area (Å²) in [6, 6.07) is 8.03. The molecule has 0 spiro atoms. The summed E-state index contributed by atoms with van der Waals surface area (Å²) in [5, 5.41) is 8.62. The van der Waals surface area contributed by atoms with Crippen LogP contribution in [0.15, 0.2) is 24.3 Å². The SMILES string of the molecule is CC1(C)COB(c2ccc(CCCC(=O)O)cc2)OC1. The highest BCUT2D eigenvalue weighted by atomic mass is 16.6. The molecule has 0 radical (unpaired) electrons. The van der Waals surface area contributed by atoms with Crippen molar-refractivity contribution in [2.24, 2.45) is 5.41 Å². The maximum Gasteiger partial charge on any atom is 0.493 e. The third kappa shape index (κ3) is 4.35. The van der Waals surface area contributed by atoms with E-state index in [0.29, 0.717) is 19.6 Å². The van der Waals surface area contributed by atoms with Gasteiger partial charge in [0, 0.05) is 25.0 Å². The number of carbonyl (C=O) groups is 1. The lowest BCUT2D eigenvalue weighted by molar-refractivity contribution is -0.137. The molecule has 0 amide bonds. The fourth-order valence-electron chi connectivity index (χ4n) is 2.17. The van der Waals surface area contributed by atoms with Gasteiger partial charge in [0.2, 0.25) is 0 Å². The smallest absolute Gasteiger partial charge is 0.481 e. The second kappa shape index (κ2) is 6.42. The van der Waals surface area contributed by atoms with E-state index in [-0.39, 0.29) is 19.0 Å². The number of carboxylic acid groups (broad SMARTS) is 1. The molecule has 1 aliphatic heterocycles. The van der Waals surface area contributed by atoms with Crippen molar-refractivity contribution >= 4 is 18.6 Å². The lowest BCUT2D eigenvalue weighted by Gasteiger charge is -2.33. The van der Waals surface area contributed by atoms with Crippen molar-refractivity contribution in [3.63, 3.8) is 0 Å². The highest BCUT2D eigenvalue weighted by Gasteiger charge is 2.33. The average molecular weight is 276 g/mol. The molecule has 0 bridgehead atoms. The summed E-state index contributed by atoms with van der Waals surface area (Å²) < 4.78 is 11.5. The van der Waals surface area contributed by atoms with E-state index in [1.54, 1.807) is 0 Å². The number of aryl methyl sites for hydroxylation is 1. The molecule has 4 nitrogen and oxygen atoms in total. The van der Waals surface area contributed by atoms with E-state index in [0.717, 1.165) is 17.4 Å². The van der Waals surface area contributed by atoms with E-state index in [4.69, 9.17) is 14.4 Å². The number of carboxylic acids is 1. The Hall–Kier alpha value is -1.33. The van der Waals surface area contributed by atoms with Crippen LogP contribution >= 0.6 is 0 Å². The monoisotopic (exact) mass is 276 g/mol. The third-order valence-corrected chi connectivity index (χ3v) is 3.36. The van der Waals surface area contributed by atoms with Gasteiger partial charge in [-0.05, 0) is 23.9 Å². The van der Waals surface area contributed by atoms with Crippen LogP contribution in [0.2, 0.25) is 0 Å². The molecule has 1 heterocycles. The van der Waals surface area contributed by atoms with Crippen molar-refractivity contribution in [3.05, 3.63) is 29.8 Å². The van der Waals surface area contributed by atoms with Crippen LogP contribution < -0.4 is 5.46 Å². The standard InChI is InChI=1S/C15H21BO4/c1-15(2)10-19-16(20-11-15)13-8-6-12(7-9-13)4-3-5-14(17)18/h6-9H,3-5,10-11H2,1-2H3,(H,17,18). The molecule has 0 aromatic heterocycles. The summed E-state index contributed by atoms with van der Waals surface area (Å²) in [4.78, 5) is 10.5. The topological polar surface area (TPSA) is 55.8 Å². The largest absolute Gasteiger partial charge is 0.493 e. The van der Waals surface area contributed by atoms with E-state index < -0.39 is 5.97 Å². The Kier molecular flexibility index (Phi) is 4.84. The van der Waals surface area contributed by atoms with Gasteiger partial charge < -0.3 is 14.4 Å². The van der Waals surface area contributed by atoms with Gasteiger partial charge in [0.15, 0.2) is 0 Å². The second-order valence-corrected chi connectivity index (χ2v) is 6.11. The van der Waals surface area contributed by atoms with Gasteiger partial charge in [-0.25, -0.2) is 0 Å². The van der Waals surface area contributed by atoms with Crippen LogP contribution in [0, 0.1) is 5.41 Å². The molecule has 0 atom stereocenters. The second-order valence-electron chi connectivity index (χ2n) is 6.11. The zero-order valence-electron chi connectivity index (χ0n) is 12.1. The minimum Gasteiger partial charge on any atom is -0.481 e. The molecule has 1 N–H and O–H groups in total. The van der Waals surface area contributed by atoms with Gasteiger partial charge in [0.25, 0.3) is 0 Å². The Labute approximate surface area is 120 Å². The van der Waals surface area contributed by atoms with Gasteiger partial charge in [-0.3, -0.25) is 4.79 Å². The molecule has 0 saturated carbocycles. The molecule has 1 fully saturated rings. The molecule has 1 aliphatic rings. The molecule has 108 valence electrons. The third-order valence-electron chi connectivity index (χ3n) is 3.36. The van der Waals surface area contributed by atoms with Gasteiger partial charge in [0.05, 0.1) is 0 Å². The Morgan fingerprint density at radius 3 is 2.40 bits per heavy atom. The highest BCUT2D eigenvalue weighted by molar-refractivity contribution is 6.61. The first-order valence-corrected chi connectivity index (χ1v) is 7.00. The lowest BCUT2D eigenvalue weighted by atomic mass is 9.75. The molecule has 20 heavy (non-hydrogen) atoms. The van der Waals surface area contributed by atoms with E-state index in [1.807, 2.05) is 24.3 Å². The molecule has 1 aromatic carbocycles. The van der Waals surface area contributed by atoms with E-state index in [2.05, 4.69) is 13.8 Å².